The molecule has 1 unspecified atom stereocenters. The van der Waals surface area contributed by atoms with Crippen molar-refractivity contribution in [2.75, 3.05) is 33.4 Å². The fourth-order valence-corrected chi connectivity index (χ4v) is 2.22. The van der Waals surface area contributed by atoms with Gasteiger partial charge in [-0.2, -0.15) is 0 Å². The lowest BCUT2D eigenvalue weighted by Gasteiger charge is -2.38. The molecule has 0 spiro atoms. The summed E-state index contributed by atoms with van der Waals surface area (Å²) in [5, 5.41) is 7.30. The van der Waals surface area contributed by atoms with Crippen LogP contribution in [0.4, 0.5) is 0 Å². The molecule has 1 atom stereocenters. The molecule has 0 aromatic heterocycles. The monoisotopic (exact) mass is 325 g/mol. The maximum atomic E-state index is 5.86. The summed E-state index contributed by atoms with van der Waals surface area (Å²) in [5.74, 6) is 1.58. The van der Waals surface area contributed by atoms with Crippen molar-refractivity contribution in [3.8, 4) is 5.75 Å². The van der Waals surface area contributed by atoms with Crippen LogP contribution in [-0.2, 0) is 4.74 Å². The number of hydrogen-bond acceptors (Lipinski definition) is 3. The Kier molecular flexibility index (Phi) is 5.91. The first-order valence-corrected chi connectivity index (χ1v) is 7.83. The highest BCUT2D eigenvalue weighted by Gasteiger charge is 2.33. The van der Waals surface area contributed by atoms with Crippen molar-refractivity contribution in [3.63, 3.8) is 0 Å². The van der Waals surface area contributed by atoms with Crippen LogP contribution in [0.15, 0.2) is 29.3 Å². The molecule has 122 valence electrons. The van der Waals surface area contributed by atoms with Gasteiger partial charge >= 0.3 is 0 Å². The molecule has 22 heavy (non-hydrogen) atoms. The number of rotatable bonds is 6. The maximum absolute atomic E-state index is 5.86. The van der Waals surface area contributed by atoms with Gasteiger partial charge in [-0.1, -0.05) is 18.5 Å². The number of hydrogen-bond donors (Lipinski definition) is 2. The molecule has 5 nitrogen and oxygen atoms in total. The average Bonchev–Trinajstić information content (AvgIpc) is 2.48. The van der Waals surface area contributed by atoms with Crippen LogP contribution in [0, 0.1) is 5.41 Å². The normalized spacial score (nSPS) is 18.3. The summed E-state index contributed by atoms with van der Waals surface area (Å²) in [7, 11) is 1.76. The molecule has 1 aliphatic rings. The van der Waals surface area contributed by atoms with Gasteiger partial charge in [0.2, 0.25) is 0 Å². The predicted octanol–water partition coefficient (Wildman–Crippen LogP) is 2.31. The molecule has 1 heterocycles. The van der Waals surface area contributed by atoms with E-state index in [2.05, 4.69) is 22.5 Å². The van der Waals surface area contributed by atoms with Gasteiger partial charge in [-0.15, -0.1) is 0 Å². The van der Waals surface area contributed by atoms with E-state index in [0.717, 1.165) is 31.5 Å². The number of guanidine groups is 1. The highest BCUT2D eigenvalue weighted by Crippen LogP contribution is 2.24. The topological polar surface area (TPSA) is 54.9 Å². The Morgan fingerprint density at radius 2 is 2.05 bits per heavy atom. The third kappa shape index (κ3) is 5.07. The van der Waals surface area contributed by atoms with Crippen LogP contribution >= 0.6 is 11.6 Å². The molecule has 1 aromatic rings. The van der Waals surface area contributed by atoms with Gasteiger partial charge in [-0.3, -0.25) is 4.99 Å². The minimum Gasteiger partial charge on any atom is -0.489 e. The summed E-state index contributed by atoms with van der Waals surface area (Å²) in [4.78, 5) is 4.22. The lowest BCUT2D eigenvalue weighted by Crippen LogP contribution is -2.51. The predicted molar refractivity (Wildman–Crippen MR) is 89.8 cm³/mol. The minimum absolute atomic E-state index is 0.0161. The number of ether oxygens (including phenoxy) is 2. The third-order valence-corrected chi connectivity index (χ3v) is 3.77. The second-order valence-electron chi connectivity index (χ2n) is 5.99. The number of nitrogens with zero attached hydrogens (tertiary/aromatic N) is 1. The van der Waals surface area contributed by atoms with Crippen LogP contribution in [0.2, 0.25) is 5.02 Å². The molecule has 2 rings (SSSR count). The Balaban J connectivity index is 1.71. The van der Waals surface area contributed by atoms with Crippen LogP contribution in [-0.4, -0.2) is 45.4 Å². The quantitative estimate of drug-likeness (QED) is 0.622. The molecular weight excluding hydrogens is 302 g/mol. The van der Waals surface area contributed by atoms with Crippen LogP contribution in [0.3, 0.4) is 0 Å². The molecule has 0 amide bonds. The fourth-order valence-electron chi connectivity index (χ4n) is 2.10. The van der Waals surface area contributed by atoms with Gasteiger partial charge < -0.3 is 20.1 Å². The van der Waals surface area contributed by atoms with Gasteiger partial charge in [0, 0.05) is 24.0 Å². The van der Waals surface area contributed by atoms with E-state index >= 15 is 0 Å². The minimum atomic E-state index is 0.0161. The first kappa shape index (κ1) is 16.9. The van der Waals surface area contributed by atoms with Gasteiger partial charge in [0.1, 0.15) is 11.9 Å². The van der Waals surface area contributed by atoms with Crippen LogP contribution < -0.4 is 15.4 Å². The maximum Gasteiger partial charge on any atom is 0.191 e. The van der Waals surface area contributed by atoms with Crippen molar-refractivity contribution in [2.45, 2.75) is 20.0 Å². The molecule has 1 saturated heterocycles. The summed E-state index contributed by atoms with van der Waals surface area (Å²) in [6, 6.07) is 7.37. The fraction of sp³-hybridized carbons (Fsp3) is 0.562. The number of halogens is 1. The van der Waals surface area contributed by atoms with Crippen molar-refractivity contribution in [1.82, 2.24) is 10.6 Å². The standard InChI is InChI=1S/C16H24ClN3O2/c1-12(22-14-6-4-13(17)5-7-14)8-19-15(18-3)20-9-16(2)10-21-11-16/h4-7,12H,8-11H2,1-3H3,(H2,18,19,20). The molecule has 0 radical (unpaired) electrons. The molecule has 1 fully saturated rings. The molecule has 1 aromatic carbocycles. The van der Waals surface area contributed by atoms with Gasteiger partial charge in [-0.25, -0.2) is 0 Å². The van der Waals surface area contributed by atoms with E-state index in [1.807, 2.05) is 31.2 Å². The van der Waals surface area contributed by atoms with E-state index in [1.54, 1.807) is 7.05 Å². The summed E-state index contributed by atoms with van der Waals surface area (Å²) in [5.41, 5.74) is 0.211. The summed E-state index contributed by atoms with van der Waals surface area (Å²) in [6.07, 6.45) is 0.0161. The van der Waals surface area contributed by atoms with Crippen LogP contribution in [0.25, 0.3) is 0 Å². The van der Waals surface area contributed by atoms with Crippen molar-refractivity contribution >= 4 is 17.6 Å². The number of nitrogens with one attached hydrogen (secondary N) is 2. The van der Waals surface area contributed by atoms with Crippen molar-refractivity contribution in [2.24, 2.45) is 10.4 Å². The van der Waals surface area contributed by atoms with E-state index in [9.17, 15) is 0 Å². The first-order chi connectivity index (χ1) is 10.5. The van der Waals surface area contributed by atoms with E-state index in [-0.39, 0.29) is 11.5 Å². The smallest absolute Gasteiger partial charge is 0.191 e. The van der Waals surface area contributed by atoms with Gasteiger partial charge in [-0.05, 0) is 31.2 Å². The highest BCUT2D eigenvalue weighted by molar-refractivity contribution is 6.30. The molecule has 0 saturated carbocycles. The van der Waals surface area contributed by atoms with E-state index < -0.39 is 0 Å². The Bertz CT molecular complexity index is 501. The molecule has 2 N–H and O–H groups in total. The number of benzene rings is 1. The van der Waals surface area contributed by atoms with Crippen molar-refractivity contribution < 1.29 is 9.47 Å². The highest BCUT2D eigenvalue weighted by atomic mass is 35.5. The SMILES string of the molecule is CN=C(NCC(C)Oc1ccc(Cl)cc1)NCC1(C)COC1. The summed E-state index contributed by atoms with van der Waals surface area (Å²) < 4.78 is 11.1. The molecular formula is C16H24ClN3O2. The zero-order valence-electron chi connectivity index (χ0n) is 13.4. The van der Waals surface area contributed by atoms with Crippen molar-refractivity contribution in [3.05, 3.63) is 29.3 Å². The van der Waals surface area contributed by atoms with Crippen LogP contribution in [0.5, 0.6) is 5.75 Å². The Morgan fingerprint density at radius 3 is 2.59 bits per heavy atom. The van der Waals surface area contributed by atoms with Crippen molar-refractivity contribution in [1.29, 1.82) is 0 Å². The van der Waals surface area contributed by atoms with E-state index in [4.69, 9.17) is 21.1 Å². The Labute approximate surface area is 137 Å². The molecule has 0 bridgehead atoms. The molecule has 6 heteroatoms. The number of aliphatic imine (C=N–C) groups is 1. The molecule has 0 aliphatic carbocycles. The Morgan fingerprint density at radius 1 is 1.36 bits per heavy atom. The van der Waals surface area contributed by atoms with E-state index in [0.29, 0.717) is 11.6 Å². The first-order valence-electron chi connectivity index (χ1n) is 7.45. The van der Waals surface area contributed by atoms with Crippen LogP contribution in [0.1, 0.15) is 13.8 Å². The molecule has 1 aliphatic heterocycles. The average molecular weight is 326 g/mol. The second-order valence-corrected chi connectivity index (χ2v) is 6.43. The third-order valence-electron chi connectivity index (χ3n) is 3.52. The zero-order valence-corrected chi connectivity index (χ0v) is 14.1. The van der Waals surface area contributed by atoms with Gasteiger partial charge in [0.05, 0.1) is 19.8 Å². The lowest BCUT2D eigenvalue weighted by molar-refractivity contribution is -0.0971. The van der Waals surface area contributed by atoms with E-state index in [1.165, 1.54) is 0 Å². The zero-order chi connectivity index (χ0) is 16.0. The summed E-state index contributed by atoms with van der Waals surface area (Å²) >= 11 is 5.86. The van der Waals surface area contributed by atoms with Gasteiger partial charge in [0.15, 0.2) is 5.96 Å². The largest absolute Gasteiger partial charge is 0.489 e. The Hall–Kier alpha value is -1.46. The van der Waals surface area contributed by atoms with Gasteiger partial charge in [0.25, 0.3) is 0 Å². The second kappa shape index (κ2) is 7.70. The lowest BCUT2D eigenvalue weighted by atomic mass is 9.89. The summed E-state index contributed by atoms with van der Waals surface area (Å²) in [6.45, 7) is 7.31.